The highest BCUT2D eigenvalue weighted by atomic mass is 16.5. The Labute approximate surface area is 134 Å². The summed E-state index contributed by atoms with van der Waals surface area (Å²) in [7, 11) is 0. The van der Waals surface area contributed by atoms with E-state index in [9.17, 15) is 14.4 Å². The first-order valence-electron chi connectivity index (χ1n) is 8.53. The Hall–Kier alpha value is -2.37. The zero-order chi connectivity index (χ0) is 20.1. The van der Waals surface area contributed by atoms with Crippen molar-refractivity contribution in [1.82, 2.24) is 0 Å². The predicted octanol–water partition coefficient (Wildman–Crippen LogP) is 2.02. The number of aliphatic carboxylic acids is 1. The number of carbonyl (C=O) groups is 3. The highest BCUT2D eigenvalue weighted by molar-refractivity contribution is 5.74. The minimum absolute atomic E-state index is 0.149. The molecule has 0 aliphatic heterocycles. The number of hydrogen-bond acceptors (Lipinski definition) is 5. The molecule has 1 aromatic rings. The molecule has 6 heteroatoms. The van der Waals surface area contributed by atoms with Crippen LogP contribution in [0.25, 0.3) is 0 Å². The van der Waals surface area contributed by atoms with Gasteiger partial charge in [-0.25, -0.2) is 0 Å². The van der Waals surface area contributed by atoms with Gasteiger partial charge >= 0.3 is 17.9 Å². The molecule has 0 aliphatic rings. The lowest BCUT2D eigenvalue weighted by Gasteiger charge is -2.20. The second-order valence-corrected chi connectivity index (χ2v) is 4.52. The van der Waals surface area contributed by atoms with E-state index in [1.807, 2.05) is 0 Å². The summed E-state index contributed by atoms with van der Waals surface area (Å²) in [5.41, 5.74) is 0.647. The Morgan fingerprint density at radius 3 is 2.41 bits per heavy atom. The highest BCUT2D eigenvalue weighted by Gasteiger charge is 2.28. The predicted molar refractivity (Wildman–Crippen MR) is 77.8 cm³/mol. The maximum atomic E-state index is 12.3. The van der Waals surface area contributed by atoms with E-state index in [0.717, 1.165) is 13.8 Å². The van der Waals surface area contributed by atoms with E-state index in [2.05, 4.69) is 4.74 Å². The lowest BCUT2D eigenvalue weighted by molar-refractivity contribution is -0.156. The van der Waals surface area contributed by atoms with Gasteiger partial charge in [-0.2, -0.15) is 0 Å². The van der Waals surface area contributed by atoms with Gasteiger partial charge in [-0.3, -0.25) is 14.4 Å². The van der Waals surface area contributed by atoms with Crippen molar-refractivity contribution in [1.29, 1.82) is 0 Å². The van der Waals surface area contributed by atoms with Gasteiger partial charge in [0.1, 0.15) is 6.61 Å². The third-order valence-electron chi connectivity index (χ3n) is 2.70. The van der Waals surface area contributed by atoms with E-state index in [0.29, 0.717) is 5.56 Å². The van der Waals surface area contributed by atoms with Crippen molar-refractivity contribution in [2.75, 3.05) is 6.56 Å². The molecule has 1 aromatic carbocycles. The van der Waals surface area contributed by atoms with Gasteiger partial charge in [-0.05, 0) is 5.56 Å². The Kier molecular flexibility index (Phi) is 4.89. The van der Waals surface area contributed by atoms with Crippen LogP contribution in [0.1, 0.15) is 31.3 Å². The molecule has 22 heavy (non-hydrogen) atoms. The van der Waals surface area contributed by atoms with Gasteiger partial charge in [0.2, 0.25) is 0 Å². The summed E-state index contributed by atoms with van der Waals surface area (Å²) in [5, 5.41) is 9.11. The molecule has 0 radical (unpaired) electrons. The van der Waals surface area contributed by atoms with E-state index in [1.165, 1.54) is 0 Å². The van der Waals surface area contributed by atoms with Crippen molar-refractivity contribution in [3.8, 4) is 0 Å². The van der Waals surface area contributed by atoms with Crippen LogP contribution in [0.4, 0.5) is 0 Å². The molecule has 1 N–H and O–H groups in total. The second-order valence-electron chi connectivity index (χ2n) is 4.52. The molecule has 0 amide bonds. The topological polar surface area (TPSA) is 89.9 Å². The molecule has 1 rings (SSSR count). The first-order chi connectivity index (χ1) is 11.9. The first kappa shape index (κ1) is 12.2. The monoisotopic (exact) mass is 312 g/mol. The molecule has 0 saturated carbocycles. The van der Waals surface area contributed by atoms with E-state index in [-0.39, 0.29) is 6.61 Å². The third-order valence-corrected chi connectivity index (χ3v) is 2.70. The fraction of sp³-hybridized carbons (Fsp3) is 0.438. The number of rotatable bonds is 8. The first-order valence-corrected chi connectivity index (χ1v) is 6.53. The molecule has 1 unspecified atom stereocenters. The van der Waals surface area contributed by atoms with Crippen molar-refractivity contribution >= 4 is 17.9 Å². The summed E-state index contributed by atoms with van der Waals surface area (Å²) in [5.74, 6) is -7.74. The standard InChI is InChI=1S/C16H20O6/c1-11(14(8-15(18)19)10-21-12(2)17)16(20)22-9-13-6-4-3-5-7-13/h3-7,11,14H,8-10H2,1-2H3,(H,18,19)/t11?,14-/m1/s1/i8D2,10D2. The molecule has 120 valence electrons. The summed E-state index contributed by atoms with van der Waals surface area (Å²) in [6, 6.07) is 8.57. The van der Waals surface area contributed by atoms with Crippen LogP contribution in [-0.2, 0) is 30.5 Å². The SMILES string of the molecule is [2H]C([2H])(OC(C)=O)[C@H](C(C)C(=O)OCc1ccccc1)C([2H])([2H])C(=O)O. The number of hydrogen-bond donors (Lipinski definition) is 1. The third kappa shape index (κ3) is 6.39. The van der Waals surface area contributed by atoms with Gasteiger partial charge in [0.05, 0.1) is 21.6 Å². The Bertz CT molecular complexity index is 662. The Balaban J connectivity index is 3.06. The van der Waals surface area contributed by atoms with Crippen LogP contribution >= 0.6 is 0 Å². The largest absolute Gasteiger partial charge is 0.481 e. The van der Waals surface area contributed by atoms with Gasteiger partial charge in [-0.1, -0.05) is 37.3 Å². The van der Waals surface area contributed by atoms with Gasteiger partial charge in [0, 0.05) is 15.6 Å². The minimum Gasteiger partial charge on any atom is -0.481 e. The van der Waals surface area contributed by atoms with Crippen LogP contribution in [-0.4, -0.2) is 29.6 Å². The molecule has 0 fully saturated rings. The number of benzene rings is 1. The minimum atomic E-state index is -3.19. The molecule has 6 nitrogen and oxygen atoms in total. The van der Waals surface area contributed by atoms with E-state index < -0.39 is 42.7 Å². The fourth-order valence-corrected chi connectivity index (χ4v) is 1.53. The van der Waals surface area contributed by atoms with Crippen LogP contribution in [0.15, 0.2) is 30.3 Å². The highest BCUT2D eigenvalue weighted by Crippen LogP contribution is 2.19. The van der Waals surface area contributed by atoms with Gasteiger partial charge in [-0.15, -0.1) is 0 Å². The smallest absolute Gasteiger partial charge is 0.309 e. The molecule has 0 spiro atoms. The lowest BCUT2D eigenvalue weighted by atomic mass is 9.92. The summed E-state index contributed by atoms with van der Waals surface area (Å²) >= 11 is 0. The van der Waals surface area contributed by atoms with Crippen molar-refractivity contribution in [3.63, 3.8) is 0 Å². The van der Waals surface area contributed by atoms with Crippen LogP contribution in [0.5, 0.6) is 0 Å². The lowest BCUT2D eigenvalue weighted by Crippen LogP contribution is -2.29. The Morgan fingerprint density at radius 1 is 1.23 bits per heavy atom. The van der Waals surface area contributed by atoms with Crippen LogP contribution in [0.3, 0.4) is 0 Å². The van der Waals surface area contributed by atoms with Crippen LogP contribution in [0, 0.1) is 11.8 Å². The van der Waals surface area contributed by atoms with Crippen molar-refractivity contribution < 1.29 is 34.4 Å². The van der Waals surface area contributed by atoms with E-state index >= 15 is 0 Å². The summed E-state index contributed by atoms with van der Waals surface area (Å²) in [4.78, 5) is 34.7. The molecule has 0 heterocycles. The number of ether oxygens (including phenoxy) is 2. The summed E-state index contributed by atoms with van der Waals surface area (Å²) in [6.07, 6.45) is -3.19. The van der Waals surface area contributed by atoms with Gasteiger partial charge < -0.3 is 14.6 Å². The van der Waals surface area contributed by atoms with Crippen molar-refractivity contribution in [3.05, 3.63) is 35.9 Å². The fourth-order valence-electron chi connectivity index (χ4n) is 1.53. The van der Waals surface area contributed by atoms with Crippen LogP contribution < -0.4 is 0 Å². The summed E-state index contributed by atoms with van der Waals surface area (Å²) < 4.78 is 40.5. The Morgan fingerprint density at radius 2 is 1.86 bits per heavy atom. The molecular weight excluding hydrogens is 288 g/mol. The number of esters is 2. The van der Waals surface area contributed by atoms with Crippen molar-refractivity contribution in [2.24, 2.45) is 11.8 Å². The number of carboxylic acids is 1. The zero-order valence-electron chi connectivity index (χ0n) is 16.2. The number of carboxylic acid groups (broad SMARTS) is 1. The molecule has 0 saturated heterocycles. The van der Waals surface area contributed by atoms with Crippen molar-refractivity contribution in [2.45, 2.75) is 26.8 Å². The average molecular weight is 312 g/mol. The second kappa shape index (κ2) is 8.81. The normalized spacial score (nSPS) is 17.0. The van der Waals surface area contributed by atoms with E-state index in [1.54, 1.807) is 30.3 Å². The molecular formula is C16H20O6. The average Bonchev–Trinajstić information content (AvgIpc) is 2.51. The number of carbonyl (C=O) groups excluding carboxylic acids is 2. The molecule has 2 atom stereocenters. The maximum absolute atomic E-state index is 12.3. The summed E-state index contributed by atoms with van der Waals surface area (Å²) in [6.45, 7) is -1.17. The van der Waals surface area contributed by atoms with E-state index in [4.69, 9.17) is 15.3 Å². The zero-order valence-corrected chi connectivity index (χ0v) is 12.2. The molecule has 0 aromatic heterocycles. The quantitative estimate of drug-likeness (QED) is 0.739. The van der Waals surface area contributed by atoms with Gasteiger partial charge in [0.25, 0.3) is 0 Å². The maximum Gasteiger partial charge on any atom is 0.309 e. The van der Waals surface area contributed by atoms with Gasteiger partial charge in [0.15, 0.2) is 0 Å². The van der Waals surface area contributed by atoms with Crippen LogP contribution in [0.2, 0.25) is 0 Å². The molecule has 0 aliphatic carbocycles. The molecule has 0 bridgehead atoms.